The minimum Gasteiger partial charge on any atom is -0.343 e. The van der Waals surface area contributed by atoms with Crippen LogP contribution in [0.2, 0.25) is 0 Å². The quantitative estimate of drug-likeness (QED) is 0.665. The van der Waals surface area contributed by atoms with Crippen LogP contribution in [0.4, 0.5) is 9.52 Å². The first-order valence-corrected chi connectivity index (χ1v) is 10.1. The van der Waals surface area contributed by atoms with Crippen LogP contribution in [-0.4, -0.2) is 46.3 Å². The summed E-state index contributed by atoms with van der Waals surface area (Å²) >= 11 is 1.38. The van der Waals surface area contributed by atoms with Crippen molar-refractivity contribution >= 4 is 22.6 Å². The summed E-state index contributed by atoms with van der Waals surface area (Å²) < 4.78 is 17.5. The standard InChI is InChI=1S/C21H21FN4OS/c22-18-8-6-17(7-9-18)14-19-23-21(28-24-19)26-12-10-25(11-13-26)20(27)15-16-4-2-1-3-5-16/h1-9H,10-15H2. The third-order valence-electron chi connectivity index (χ3n) is 4.83. The van der Waals surface area contributed by atoms with E-state index < -0.39 is 0 Å². The molecule has 4 rings (SSSR count). The average Bonchev–Trinajstić information content (AvgIpc) is 3.19. The highest BCUT2D eigenvalue weighted by atomic mass is 32.1. The fraction of sp³-hybridized carbons (Fsp3) is 0.286. The second-order valence-electron chi connectivity index (χ2n) is 6.83. The van der Waals surface area contributed by atoms with Crippen LogP contribution in [0.15, 0.2) is 54.6 Å². The topological polar surface area (TPSA) is 49.3 Å². The van der Waals surface area contributed by atoms with Gasteiger partial charge in [-0.15, -0.1) is 0 Å². The van der Waals surface area contributed by atoms with Gasteiger partial charge in [0.15, 0.2) is 0 Å². The molecule has 5 nitrogen and oxygen atoms in total. The van der Waals surface area contributed by atoms with Gasteiger partial charge in [-0.3, -0.25) is 4.79 Å². The van der Waals surface area contributed by atoms with Crippen molar-refractivity contribution in [2.24, 2.45) is 0 Å². The number of benzene rings is 2. The number of carbonyl (C=O) groups excluding carboxylic acids is 1. The predicted molar refractivity (Wildman–Crippen MR) is 108 cm³/mol. The SMILES string of the molecule is O=C(Cc1ccccc1)N1CCN(c2nc(Cc3ccc(F)cc3)ns2)CC1. The Morgan fingerprint density at radius 1 is 0.964 bits per heavy atom. The van der Waals surface area contributed by atoms with Gasteiger partial charge in [-0.1, -0.05) is 42.5 Å². The van der Waals surface area contributed by atoms with Gasteiger partial charge in [-0.2, -0.15) is 4.37 Å². The summed E-state index contributed by atoms with van der Waals surface area (Å²) in [5.74, 6) is 0.671. The molecule has 1 aliphatic heterocycles. The maximum atomic E-state index is 13.0. The molecule has 0 saturated carbocycles. The van der Waals surface area contributed by atoms with Crippen molar-refractivity contribution < 1.29 is 9.18 Å². The van der Waals surface area contributed by atoms with Crippen LogP contribution in [0.5, 0.6) is 0 Å². The summed E-state index contributed by atoms with van der Waals surface area (Å²) in [6, 6.07) is 16.3. The lowest BCUT2D eigenvalue weighted by molar-refractivity contribution is -0.130. The highest BCUT2D eigenvalue weighted by Gasteiger charge is 2.23. The molecule has 1 amide bonds. The van der Waals surface area contributed by atoms with Crippen molar-refractivity contribution in [1.82, 2.24) is 14.3 Å². The fourth-order valence-electron chi connectivity index (χ4n) is 3.26. The summed E-state index contributed by atoms with van der Waals surface area (Å²) in [4.78, 5) is 21.2. The van der Waals surface area contributed by atoms with E-state index in [9.17, 15) is 9.18 Å². The summed E-state index contributed by atoms with van der Waals surface area (Å²) in [5, 5.41) is 0.882. The Morgan fingerprint density at radius 3 is 2.39 bits per heavy atom. The lowest BCUT2D eigenvalue weighted by Crippen LogP contribution is -2.49. The molecule has 0 radical (unpaired) electrons. The molecule has 0 bridgehead atoms. The normalized spacial score (nSPS) is 14.3. The molecule has 28 heavy (non-hydrogen) atoms. The molecule has 7 heteroatoms. The zero-order chi connectivity index (χ0) is 19.3. The number of aromatic nitrogens is 2. The number of anilines is 1. The molecule has 0 aliphatic carbocycles. The third-order valence-corrected chi connectivity index (χ3v) is 5.65. The van der Waals surface area contributed by atoms with Crippen LogP contribution in [-0.2, 0) is 17.6 Å². The monoisotopic (exact) mass is 396 g/mol. The highest BCUT2D eigenvalue weighted by molar-refractivity contribution is 7.09. The Labute approximate surface area is 167 Å². The highest BCUT2D eigenvalue weighted by Crippen LogP contribution is 2.21. The molecular weight excluding hydrogens is 375 g/mol. The minimum atomic E-state index is -0.240. The Bertz CT molecular complexity index is 921. The van der Waals surface area contributed by atoms with E-state index in [-0.39, 0.29) is 11.7 Å². The smallest absolute Gasteiger partial charge is 0.227 e. The Balaban J connectivity index is 1.31. The van der Waals surface area contributed by atoms with Crippen LogP contribution in [0.25, 0.3) is 0 Å². The maximum Gasteiger partial charge on any atom is 0.227 e. The lowest BCUT2D eigenvalue weighted by Gasteiger charge is -2.34. The first kappa shape index (κ1) is 18.6. The molecule has 0 unspecified atom stereocenters. The van der Waals surface area contributed by atoms with E-state index >= 15 is 0 Å². The van der Waals surface area contributed by atoms with Gasteiger partial charge in [0.05, 0.1) is 6.42 Å². The van der Waals surface area contributed by atoms with Crippen LogP contribution >= 0.6 is 11.5 Å². The van der Waals surface area contributed by atoms with Gasteiger partial charge in [0.25, 0.3) is 0 Å². The van der Waals surface area contributed by atoms with Crippen molar-refractivity contribution in [2.75, 3.05) is 31.1 Å². The second kappa shape index (κ2) is 8.48. The van der Waals surface area contributed by atoms with E-state index in [0.717, 1.165) is 35.2 Å². The van der Waals surface area contributed by atoms with Crippen molar-refractivity contribution in [3.63, 3.8) is 0 Å². The van der Waals surface area contributed by atoms with Gasteiger partial charge in [-0.25, -0.2) is 9.37 Å². The van der Waals surface area contributed by atoms with Crippen LogP contribution in [0.3, 0.4) is 0 Å². The van der Waals surface area contributed by atoms with E-state index in [1.165, 1.54) is 23.7 Å². The maximum absolute atomic E-state index is 13.0. The average molecular weight is 396 g/mol. The van der Waals surface area contributed by atoms with Crippen LogP contribution in [0.1, 0.15) is 17.0 Å². The number of halogens is 1. The van der Waals surface area contributed by atoms with Gasteiger partial charge in [0.1, 0.15) is 11.6 Å². The summed E-state index contributed by atoms with van der Waals surface area (Å²) in [7, 11) is 0. The Morgan fingerprint density at radius 2 is 1.68 bits per heavy atom. The first-order valence-electron chi connectivity index (χ1n) is 9.31. The number of rotatable bonds is 5. The fourth-order valence-corrected chi connectivity index (χ4v) is 4.00. The van der Waals surface area contributed by atoms with Crippen molar-refractivity contribution in [3.8, 4) is 0 Å². The van der Waals surface area contributed by atoms with Crippen LogP contribution in [0, 0.1) is 5.82 Å². The van der Waals surface area contributed by atoms with Crippen molar-refractivity contribution in [2.45, 2.75) is 12.8 Å². The predicted octanol–water partition coefficient (Wildman–Crippen LogP) is 3.16. The number of carbonyl (C=O) groups is 1. The summed E-state index contributed by atoms with van der Waals surface area (Å²) in [6.07, 6.45) is 1.04. The molecular formula is C21H21FN4OS. The van der Waals surface area contributed by atoms with E-state index in [1.807, 2.05) is 35.2 Å². The van der Waals surface area contributed by atoms with Crippen LogP contribution < -0.4 is 4.90 Å². The lowest BCUT2D eigenvalue weighted by atomic mass is 10.1. The summed E-state index contributed by atoms with van der Waals surface area (Å²) in [5.41, 5.74) is 2.03. The van der Waals surface area contributed by atoms with Gasteiger partial charge in [0.2, 0.25) is 11.0 Å². The molecule has 2 heterocycles. The van der Waals surface area contributed by atoms with E-state index in [2.05, 4.69) is 14.3 Å². The van der Waals surface area contributed by atoms with Crippen molar-refractivity contribution in [3.05, 3.63) is 77.4 Å². The molecule has 1 fully saturated rings. The summed E-state index contributed by atoms with van der Waals surface area (Å²) in [6.45, 7) is 2.90. The van der Waals surface area contributed by atoms with Gasteiger partial charge >= 0.3 is 0 Å². The van der Waals surface area contributed by atoms with Gasteiger partial charge in [0, 0.05) is 44.1 Å². The molecule has 0 N–H and O–H groups in total. The first-order chi connectivity index (χ1) is 13.7. The zero-order valence-electron chi connectivity index (χ0n) is 15.4. The second-order valence-corrected chi connectivity index (χ2v) is 7.56. The molecule has 2 aromatic carbocycles. The number of nitrogens with zero attached hydrogens (tertiary/aromatic N) is 4. The Hall–Kier alpha value is -2.80. The number of piperazine rings is 1. The number of hydrogen-bond donors (Lipinski definition) is 0. The van der Waals surface area contributed by atoms with Gasteiger partial charge in [-0.05, 0) is 23.3 Å². The number of hydrogen-bond acceptors (Lipinski definition) is 5. The molecule has 144 valence electrons. The molecule has 1 aliphatic rings. The molecule has 1 saturated heterocycles. The van der Waals surface area contributed by atoms with Crippen molar-refractivity contribution in [1.29, 1.82) is 0 Å². The molecule has 1 aromatic heterocycles. The molecule has 0 spiro atoms. The molecule has 0 atom stereocenters. The minimum absolute atomic E-state index is 0.167. The van der Waals surface area contributed by atoms with Gasteiger partial charge < -0.3 is 9.80 Å². The van der Waals surface area contributed by atoms with E-state index in [4.69, 9.17) is 0 Å². The largest absolute Gasteiger partial charge is 0.343 e. The Kier molecular flexibility index (Phi) is 5.62. The van der Waals surface area contributed by atoms with E-state index in [1.54, 1.807) is 12.1 Å². The zero-order valence-corrected chi connectivity index (χ0v) is 16.2. The van der Waals surface area contributed by atoms with E-state index in [0.29, 0.717) is 25.9 Å². The molecule has 3 aromatic rings. The third kappa shape index (κ3) is 4.54. The number of amides is 1.